The van der Waals surface area contributed by atoms with E-state index in [9.17, 15) is 21.6 Å². The molecule has 0 spiro atoms. The summed E-state index contributed by atoms with van der Waals surface area (Å²) >= 11 is 0. The van der Waals surface area contributed by atoms with Crippen molar-refractivity contribution in [2.75, 3.05) is 23.7 Å². The summed E-state index contributed by atoms with van der Waals surface area (Å²) in [6.07, 6.45) is -8.70. The maximum atomic E-state index is 15.2. The van der Waals surface area contributed by atoms with Crippen molar-refractivity contribution in [2.24, 2.45) is 0 Å². The summed E-state index contributed by atoms with van der Waals surface area (Å²) in [4.78, 5) is 8.04. The number of halogens is 4. The largest absolute Gasteiger partial charge is 0.459 e. The zero-order chi connectivity index (χ0) is 22.0. The van der Waals surface area contributed by atoms with Gasteiger partial charge in [0.2, 0.25) is 21.9 Å². The van der Waals surface area contributed by atoms with Crippen LogP contribution >= 0.6 is 0 Å². The predicted molar refractivity (Wildman–Crippen MR) is 102 cm³/mol. The molecule has 1 unspecified atom stereocenters. The lowest BCUT2D eigenvalue weighted by atomic mass is 9.89. The number of aromatic nitrogens is 2. The molecule has 0 amide bonds. The van der Waals surface area contributed by atoms with Crippen molar-refractivity contribution in [3.05, 3.63) is 24.3 Å². The molecule has 1 atom stereocenters. The number of para-hydroxylation sites is 2. The predicted octanol–water partition coefficient (Wildman–Crippen LogP) is 3.61. The van der Waals surface area contributed by atoms with E-state index in [-0.39, 0.29) is 36.4 Å². The van der Waals surface area contributed by atoms with Crippen LogP contribution in [-0.2, 0) is 14.8 Å². The Bertz CT molecular complexity index is 995. The monoisotopic (exact) mass is 451 g/mol. The molecular weight excluding hydrogens is 430 g/mol. The first-order chi connectivity index (χ1) is 14.0. The Morgan fingerprint density at radius 2 is 1.80 bits per heavy atom. The molecule has 7 nitrogen and oxygen atoms in total. The minimum Gasteiger partial charge on any atom is -0.459 e. The van der Waals surface area contributed by atoms with E-state index in [1.54, 1.807) is 19.1 Å². The third-order valence-corrected chi connectivity index (χ3v) is 6.03. The van der Waals surface area contributed by atoms with Crippen molar-refractivity contribution in [3.63, 3.8) is 0 Å². The number of ether oxygens (including phenoxy) is 2. The van der Waals surface area contributed by atoms with Crippen molar-refractivity contribution in [1.82, 2.24) is 9.97 Å². The van der Waals surface area contributed by atoms with E-state index in [2.05, 4.69) is 14.7 Å². The number of fused-ring (bicyclic) bond motifs is 1. The van der Waals surface area contributed by atoms with Gasteiger partial charge in [0.05, 0.1) is 16.8 Å². The molecule has 1 N–H and O–H groups in total. The van der Waals surface area contributed by atoms with Crippen molar-refractivity contribution >= 4 is 26.9 Å². The minimum absolute atomic E-state index is 0.173. The smallest absolute Gasteiger partial charge is 0.428 e. The van der Waals surface area contributed by atoms with Crippen LogP contribution in [0, 0.1) is 0 Å². The highest BCUT2D eigenvalue weighted by atomic mass is 32.2. The van der Waals surface area contributed by atoms with E-state index in [0.29, 0.717) is 0 Å². The van der Waals surface area contributed by atoms with Crippen LogP contribution in [0.5, 0.6) is 5.88 Å². The molecule has 12 heteroatoms. The summed E-state index contributed by atoms with van der Waals surface area (Å²) in [5.41, 5.74) is -2.33. The average molecular weight is 451 g/mol. The Balaban J connectivity index is 2.06. The van der Waals surface area contributed by atoms with E-state index >= 15 is 4.39 Å². The molecule has 1 saturated heterocycles. The third kappa shape index (κ3) is 5.09. The molecule has 166 valence electrons. The molecule has 1 aromatic carbocycles. The van der Waals surface area contributed by atoms with Gasteiger partial charge in [0.15, 0.2) is 5.67 Å². The maximum Gasteiger partial charge on any atom is 0.428 e. The first kappa shape index (κ1) is 22.5. The van der Waals surface area contributed by atoms with Crippen LogP contribution in [0.2, 0.25) is 0 Å². The molecular formula is C18H21F4N3O4S. The Morgan fingerprint density at radius 1 is 1.20 bits per heavy atom. The first-order valence-corrected chi connectivity index (χ1v) is 11.0. The van der Waals surface area contributed by atoms with Gasteiger partial charge in [-0.25, -0.2) is 22.8 Å². The van der Waals surface area contributed by atoms with E-state index in [4.69, 9.17) is 9.47 Å². The molecule has 30 heavy (non-hydrogen) atoms. The number of sulfonamides is 1. The molecule has 1 fully saturated rings. The van der Waals surface area contributed by atoms with Crippen molar-refractivity contribution in [3.8, 4) is 5.88 Å². The quantitative estimate of drug-likeness (QED) is 0.647. The van der Waals surface area contributed by atoms with Gasteiger partial charge in [0.1, 0.15) is 0 Å². The fourth-order valence-electron chi connectivity index (χ4n) is 3.15. The lowest BCUT2D eigenvalue weighted by molar-refractivity contribution is -0.243. The number of alkyl halides is 4. The molecule has 0 saturated carbocycles. The summed E-state index contributed by atoms with van der Waals surface area (Å²) in [6.45, 7) is 1.25. The van der Waals surface area contributed by atoms with Crippen molar-refractivity contribution in [1.29, 1.82) is 0 Å². The molecule has 3 rings (SSSR count). The van der Waals surface area contributed by atoms with Gasteiger partial charge in [0, 0.05) is 26.1 Å². The fourth-order valence-corrected chi connectivity index (χ4v) is 4.22. The Kier molecular flexibility index (Phi) is 6.37. The molecule has 1 aliphatic heterocycles. The molecule has 2 aromatic rings. The SMILES string of the molecule is CCCS(=O)(=O)Nc1nc2ccccc2nc1OC(C(F)(F)F)C1(F)CCOCC1. The third-order valence-electron chi connectivity index (χ3n) is 4.58. The molecule has 0 radical (unpaired) electrons. The summed E-state index contributed by atoms with van der Waals surface area (Å²) in [7, 11) is -3.91. The Hall–Kier alpha value is -2.21. The summed E-state index contributed by atoms with van der Waals surface area (Å²) < 4.78 is 92.9. The number of benzene rings is 1. The van der Waals surface area contributed by atoms with Crippen LogP contribution in [0.3, 0.4) is 0 Å². The van der Waals surface area contributed by atoms with Crippen LogP contribution in [0.25, 0.3) is 11.0 Å². The van der Waals surface area contributed by atoms with E-state index in [1.807, 2.05) is 0 Å². The van der Waals surface area contributed by atoms with Gasteiger partial charge in [-0.1, -0.05) is 19.1 Å². The van der Waals surface area contributed by atoms with Crippen LogP contribution in [-0.4, -0.2) is 55.3 Å². The molecule has 0 bridgehead atoms. The molecule has 1 aromatic heterocycles. The van der Waals surface area contributed by atoms with Gasteiger partial charge in [-0.05, 0) is 18.6 Å². The molecule has 2 heterocycles. The minimum atomic E-state index is -5.07. The van der Waals surface area contributed by atoms with Crippen LogP contribution < -0.4 is 9.46 Å². The van der Waals surface area contributed by atoms with Crippen LogP contribution in [0.1, 0.15) is 26.2 Å². The number of nitrogens with zero attached hydrogens (tertiary/aromatic N) is 2. The van der Waals surface area contributed by atoms with Gasteiger partial charge in [-0.3, -0.25) is 4.72 Å². The van der Waals surface area contributed by atoms with Gasteiger partial charge in [0.25, 0.3) is 5.88 Å². The lowest BCUT2D eigenvalue weighted by Crippen LogP contribution is -2.54. The average Bonchev–Trinajstić information content (AvgIpc) is 2.65. The number of rotatable bonds is 7. The highest BCUT2D eigenvalue weighted by Gasteiger charge is 2.57. The zero-order valence-electron chi connectivity index (χ0n) is 16.1. The highest BCUT2D eigenvalue weighted by molar-refractivity contribution is 7.92. The Labute approximate surface area is 170 Å². The van der Waals surface area contributed by atoms with Gasteiger partial charge in [-0.15, -0.1) is 0 Å². The van der Waals surface area contributed by atoms with Crippen LogP contribution in [0.4, 0.5) is 23.4 Å². The Morgan fingerprint density at radius 3 is 2.37 bits per heavy atom. The van der Waals surface area contributed by atoms with E-state index in [1.165, 1.54) is 12.1 Å². The second-order valence-electron chi connectivity index (χ2n) is 6.97. The summed E-state index contributed by atoms with van der Waals surface area (Å²) in [5.74, 6) is -1.54. The van der Waals surface area contributed by atoms with Crippen molar-refractivity contribution < 1.29 is 35.5 Å². The number of hydrogen-bond acceptors (Lipinski definition) is 6. The normalized spacial score (nSPS) is 18.2. The second-order valence-corrected chi connectivity index (χ2v) is 8.82. The second kappa shape index (κ2) is 8.50. The fraction of sp³-hybridized carbons (Fsp3) is 0.556. The van der Waals surface area contributed by atoms with Crippen LogP contribution in [0.15, 0.2) is 24.3 Å². The number of nitrogens with one attached hydrogen (secondary N) is 1. The standard InChI is InChI=1S/C18H21F4N3O4S/c1-2-11-30(26,27)25-14-15(24-13-6-4-3-5-12(13)23-14)29-16(18(20,21)22)17(19)7-9-28-10-8-17/h3-6,16H,2,7-11H2,1H3,(H,23,25). The zero-order valence-corrected chi connectivity index (χ0v) is 16.9. The molecule has 0 aliphatic carbocycles. The van der Waals surface area contributed by atoms with Crippen molar-refractivity contribution in [2.45, 2.75) is 44.1 Å². The highest BCUT2D eigenvalue weighted by Crippen LogP contribution is 2.41. The van der Waals surface area contributed by atoms with Gasteiger partial charge < -0.3 is 9.47 Å². The maximum absolute atomic E-state index is 15.2. The number of hydrogen-bond donors (Lipinski definition) is 1. The van der Waals surface area contributed by atoms with Gasteiger partial charge in [-0.2, -0.15) is 13.2 Å². The van der Waals surface area contributed by atoms with E-state index in [0.717, 1.165) is 0 Å². The summed E-state index contributed by atoms with van der Waals surface area (Å²) in [6, 6.07) is 6.18. The first-order valence-electron chi connectivity index (χ1n) is 9.31. The lowest BCUT2D eigenvalue weighted by Gasteiger charge is -2.37. The number of anilines is 1. The molecule has 1 aliphatic rings. The van der Waals surface area contributed by atoms with E-state index < -0.39 is 52.5 Å². The summed E-state index contributed by atoms with van der Waals surface area (Å²) in [5, 5.41) is 0. The van der Waals surface area contributed by atoms with Gasteiger partial charge >= 0.3 is 6.18 Å². The topological polar surface area (TPSA) is 90.4 Å².